The Morgan fingerprint density at radius 3 is 1.28 bits per heavy atom. The average Bonchev–Trinajstić information content (AvgIpc) is 2.79. The maximum atomic E-state index is 5.44. The molecule has 0 atom stereocenters. The van der Waals surface area contributed by atoms with E-state index in [0.717, 1.165) is 33.8 Å². The molecule has 0 fully saturated rings. The molecule has 144 valence electrons. The largest absolute Gasteiger partial charge is 0.497 e. The Hall–Kier alpha value is -3.52. The Labute approximate surface area is 172 Å². The zero-order valence-corrected chi connectivity index (χ0v) is 17.0. The number of benzene rings is 4. The predicted molar refractivity (Wildman–Crippen MR) is 121 cm³/mol. The van der Waals surface area contributed by atoms with E-state index in [4.69, 9.17) is 9.47 Å². The summed E-state index contributed by atoms with van der Waals surface area (Å²) in [5.41, 5.74) is 8.20. The SMILES string of the molecule is COc1cccc(-c2cc(-c3cccc(C)c3)cc(-c3cccc(OC)c3)c2)c1. The van der Waals surface area contributed by atoms with Crippen molar-refractivity contribution in [1.82, 2.24) is 0 Å². The van der Waals surface area contributed by atoms with E-state index in [1.807, 2.05) is 24.3 Å². The Morgan fingerprint density at radius 2 is 0.862 bits per heavy atom. The molecule has 0 aliphatic carbocycles. The maximum Gasteiger partial charge on any atom is 0.119 e. The summed E-state index contributed by atoms with van der Waals surface area (Å²) in [4.78, 5) is 0. The van der Waals surface area contributed by atoms with Crippen LogP contribution >= 0.6 is 0 Å². The number of hydrogen-bond acceptors (Lipinski definition) is 2. The Morgan fingerprint density at radius 1 is 0.448 bits per heavy atom. The van der Waals surface area contributed by atoms with Gasteiger partial charge in [-0.1, -0.05) is 54.1 Å². The Kier molecular flexibility index (Phi) is 5.35. The summed E-state index contributed by atoms with van der Waals surface area (Å²) in [7, 11) is 3.40. The van der Waals surface area contributed by atoms with Crippen molar-refractivity contribution in [3.8, 4) is 44.9 Å². The third kappa shape index (κ3) is 4.17. The predicted octanol–water partition coefficient (Wildman–Crippen LogP) is 7.01. The van der Waals surface area contributed by atoms with E-state index >= 15 is 0 Å². The van der Waals surface area contributed by atoms with Crippen molar-refractivity contribution in [2.24, 2.45) is 0 Å². The van der Waals surface area contributed by atoms with Crippen LogP contribution in [0.25, 0.3) is 33.4 Å². The first-order chi connectivity index (χ1) is 14.2. The minimum atomic E-state index is 0.853. The fourth-order valence-corrected chi connectivity index (χ4v) is 3.56. The molecule has 0 bridgehead atoms. The number of hydrogen-bond donors (Lipinski definition) is 0. The van der Waals surface area contributed by atoms with E-state index in [1.165, 1.54) is 16.7 Å². The van der Waals surface area contributed by atoms with Crippen LogP contribution in [0.5, 0.6) is 11.5 Å². The van der Waals surface area contributed by atoms with Crippen molar-refractivity contribution in [1.29, 1.82) is 0 Å². The van der Waals surface area contributed by atoms with Crippen LogP contribution in [0.1, 0.15) is 5.56 Å². The normalized spacial score (nSPS) is 10.6. The lowest BCUT2D eigenvalue weighted by Crippen LogP contribution is -1.89. The Balaban J connectivity index is 1.91. The van der Waals surface area contributed by atoms with Gasteiger partial charge in [-0.15, -0.1) is 0 Å². The van der Waals surface area contributed by atoms with E-state index in [9.17, 15) is 0 Å². The smallest absolute Gasteiger partial charge is 0.119 e. The van der Waals surface area contributed by atoms with Gasteiger partial charge in [0.1, 0.15) is 11.5 Å². The van der Waals surface area contributed by atoms with Crippen LogP contribution in [0.4, 0.5) is 0 Å². The van der Waals surface area contributed by atoms with Crippen LogP contribution in [0.3, 0.4) is 0 Å². The zero-order chi connectivity index (χ0) is 20.2. The minimum Gasteiger partial charge on any atom is -0.497 e. The minimum absolute atomic E-state index is 0.853. The van der Waals surface area contributed by atoms with Crippen LogP contribution in [0.2, 0.25) is 0 Å². The summed E-state index contributed by atoms with van der Waals surface area (Å²) in [5, 5.41) is 0. The number of rotatable bonds is 5. The van der Waals surface area contributed by atoms with Crippen molar-refractivity contribution in [3.05, 3.63) is 96.6 Å². The second-order valence-electron chi connectivity index (χ2n) is 7.13. The third-order valence-electron chi connectivity index (χ3n) is 5.09. The monoisotopic (exact) mass is 380 g/mol. The molecule has 0 radical (unpaired) electrons. The second-order valence-corrected chi connectivity index (χ2v) is 7.13. The average molecular weight is 380 g/mol. The van der Waals surface area contributed by atoms with Gasteiger partial charge in [-0.05, 0) is 82.8 Å². The molecule has 0 amide bonds. The zero-order valence-electron chi connectivity index (χ0n) is 17.0. The first-order valence-corrected chi connectivity index (χ1v) is 9.67. The van der Waals surface area contributed by atoms with Crippen LogP contribution in [0.15, 0.2) is 91.0 Å². The molecule has 0 aliphatic heterocycles. The van der Waals surface area contributed by atoms with E-state index < -0.39 is 0 Å². The highest BCUT2D eigenvalue weighted by Crippen LogP contribution is 2.35. The molecule has 29 heavy (non-hydrogen) atoms. The van der Waals surface area contributed by atoms with Crippen molar-refractivity contribution < 1.29 is 9.47 Å². The van der Waals surface area contributed by atoms with Gasteiger partial charge in [0.2, 0.25) is 0 Å². The van der Waals surface area contributed by atoms with E-state index in [2.05, 4.69) is 73.7 Å². The molecule has 2 heteroatoms. The third-order valence-corrected chi connectivity index (χ3v) is 5.09. The van der Waals surface area contributed by atoms with Gasteiger partial charge in [-0.3, -0.25) is 0 Å². The lowest BCUT2D eigenvalue weighted by atomic mass is 9.93. The molecule has 4 aromatic carbocycles. The summed E-state index contributed by atoms with van der Waals surface area (Å²) >= 11 is 0. The van der Waals surface area contributed by atoms with Crippen molar-refractivity contribution in [2.75, 3.05) is 14.2 Å². The van der Waals surface area contributed by atoms with Gasteiger partial charge in [0.25, 0.3) is 0 Å². The molecule has 0 N–H and O–H groups in total. The molecular formula is C27H24O2. The van der Waals surface area contributed by atoms with Crippen molar-refractivity contribution in [3.63, 3.8) is 0 Å². The summed E-state index contributed by atoms with van der Waals surface area (Å²) in [6, 6.07) is 31.7. The standard InChI is InChI=1S/C27H24O2/c1-19-7-4-8-20(13-19)23-14-24(21-9-5-11-26(17-21)28-2)16-25(15-23)22-10-6-12-27(18-22)29-3/h4-18H,1-3H3. The molecule has 0 saturated carbocycles. The summed E-state index contributed by atoms with van der Waals surface area (Å²) < 4.78 is 10.9. The van der Waals surface area contributed by atoms with Crippen LogP contribution in [-0.4, -0.2) is 14.2 Å². The molecular weight excluding hydrogens is 356 g/mol. The van der Waals surface area contributed by atoms with Gasteiger partial charge in [0.15, 0.2) is 0 Å². The van der Waals surface area contributed by atoms with Crippen LogP contribution < -0.4 is 9.47 Å². The van der Waals surface area contributed by atoms with Gasteiger partial charge in [0, 0.05) is 0 Å². The summed E-state index contributed by atoms with van der Waals surface area (Å²) in [5.74, 6) is 1.71. The Bertz CT molecular complexity index is 1080. The van der Waals surface area contributed by atoms with Crippen LogP contribution in [-0.2, 0) is 0 Å². The van der Waals surface area contributed by atoms with Gasteiger partial charge >= 0.3 is 0 Å². The second kappa shape index (κ2) is 8.24. The van der Waals surface area contributed by atoms with Crippen molar-refractivity contribution >= 4 is 0 Å². The first-order valence-electron chi connectivity index (χ1n) is 9.67. The molecule has 0 saturated heterocycles. The molecule has 2 nitrogen and oxygen atoms in total. The molecule has 0 heterocycles. The summed E-state index contributed by atoms with van der Waals surface area (Å²) in [6.45, 7) is 2.12. The highest BCUT2D eigenvalue weighted by atomic mass is 16.5. The maximum absolute atomic E-state index is 5.44. The van der Waals surface area contributed by atoms with Gasteiger partial charge in [-0.25, -0.2) is 0 Å². The van der Waals surface area contributed by atoms with E-state index in [-0.39, 0.29) is 0 Å². The first kappa shape index (κ1) is 18.8. The van der Waals surface area contributed by atoms with E-state index in [0.29, 0.717) is 0 Å². The molecule has 4 aromatic rings. The highest BCUT2D eigenvalue weighted by Gasteiger charge is 2.09. The van der Waals surface area contributed by atoms with E-state index in [1.54, 1.807) is 14.2 Å². The number of methoxy groups -OCH3 is 2. The molecule has 0 unspecified atom stereocenters. The van der Waals surface area contributed by atoms with Crippen molar-refractivity contribution in [2.45, 2.75) is 6.92 Å². The van der Waals surface area contributed by atoms with Gasteiger partial charge in [-0.2, -0.15) is 0 Å². The topological polar surface area (TPSA) is 18.5 Å². The van der Waals surface area contributed by atoms with Gasteiger partial charge in [0.05, 0.1) is 14.2 Å². The molecule has 0 aromatic heterocycles. The van der Waals surface area contributed by atoms with Gasteiger partial charge < -0.3 is 9.47 Å². The quantitative estimate of drug-likeness (QED) is 0.371. The number of ether oxygens (including phenoxy) is 2. The summed E-state index contributed by atoms with van der Waals surface area (Å²) in [6.07, 6.45) is 0. The molecule has 0 aliphatic rings. The highest BCUT2D eigenvalue weighted by molar-refractivity contribution is 5.82. The fourth-order valence-electron chi connectivity index (χ4n) is 3.56. The lowest BCUT2D eigenvalue weighted by Gasteiger charge is -2.13. The lowest BCUT2D eigenvalue weighted by molar-refractivity contribution is 0.415. The molecule has 0 spiro atoms. The fraction of sp³-hybridized carbons (Fsp3) is 0.111. The molecule has 4 rings (SSSR count). The van der Waals surface area contributed by atoms with Crippen LogP contribution in [0, 0.1) is 6.92 Å². The number of aryl methyl sites for hydroxylation is 1.